The first kappa shape index (κ1) is 14.7. The molecule has 1 saturated carbocycles. The van der Waals surface area contributed by atoms with Gasteiger partial charge in [0, 0.05) is 11.6 Å². The molecule has 4 nitrogen and oxygen atoms in total. The van der Waals surface area contributed by atoms with Gasteiger partial charge in [0.1, 0.15) is 4.99 Å². The van der Waals surface area contributed by atoms with E-state index < -0.39 is 10.0 Å². The van der Waals surface area contributed by atoms with E-state index in [0.717, 1.165) is 25.7 Å². The molecule has 2 rings (SSSR count). The Kier molecular flexibility index (Phi) is 4.45. The molecule has 1 fully saturated rings. The fourth-order valence-corrected chi connectivity index (χ4v) is 4.11. The second-order valence-corrected chi connectivity index (χ2v) is 7.17. The lowest BCUT2D eigenvalue weighted by molar-refractivity contribution is 0.552. The summed E-state index contributed by atoms with van der Waals surface area (Å²) in [5, 5.41) is 0.252. The van der Waals surface area contributed by atoms with Crippen molar-refractivity contribution in [1.82, 2.24) is 4.72 Å². The predicted octanol–water partition coefficient (Wildman–Crippen LogP) is 2.20. The minimum Gasteiger partial charge on any atom is -0.389 e. The van der Waals surface area contributed by atoms with Gasteiger partial charge in [0.25, 0.3) is 0 Å². The lowest BCUT2D eigenvalue weighted by atomic mass is 10.2. The van der Waals surface area contributed by atoms with E-state index in [4.69, 9.17) is 29.6 Å². The molecule has 0 saturated heterocycles. The van der Waals surface area contributed by atoms with Crippen LogP contribution < -0.4 is 10.5 Å². The monoisotopic (exact) mass is 318 g/mol. The average molecular weight is 319 g/mol. The van der Waals surface area contributed by atoms with Gasteiger partial charge < -0.3 is 5.73 Å². The summed E-state index contributed by atoms with van der Waals surface area (Å²) < 4.78 is 27.1. The summed E-state index contributed by atoms with van der Waals surface area (Å²) in [4.78, 5) is 0.294. The topological polar surface area (TPSA) is 72.2 Å². The number of nitrogens with two attached hydrogens (primary N) is 1. The van der Waals surface area contributed by atoms with E-state index >= 15 is 0 Å². The maximum Gasteiger partial charge on any atom is 0.240 e. The van der Waals surface area contributed by atoms with Gasteiger partial charge in [-0.3, -0.25) is 0 Å². The fourth-order valence-electron chi connectivity index (χ4n) is 2.19. The second kappa shape index (κ2) is 5.75. The van der Waals surface area contributed by atoms with Crippen LogP contribution in [0.5, 0.6) is 0 Å². The summed E-state index contributed by atoms with van der Waals surface area (Å²) in [6, 6.07) is 4.41. The summed E-state index contributed by atoms with van der Waals surface area (Å²) in [6.07, 6.45) is 3.90. The van der Waals surface area contributed by atoms with Crippen molar-refractivity contribution in [2.24, 2.45) is 5.73 Å². The van der Waals surface area contributed by atoms with Gasteiger partial charge in [-0.25, -0.2) is 13.1 Å². The highest BCUT2D eigenvalue weighted by atomic mass is 35.5. The molecule has 0 radical (unpaired) electrons. The SMILES string of the molecule is NC(=S)c1ccc(S(=O)(=O)NC2CCCC2)cc1Cl. The molecule has 0 spiro atoms. The number of hydrogen-bond donors (Lipinski definition) is 2. The minimum absolute atomic E-state index is 0.0269. The van der Waals surface area contributed by atoms with Crippen molar-refractivity contribution in [1.29, 1.82) is 0 Å². The van der Waals surface area contributed by atoms with Gasteiger partial charge >= 0.3 is 0 Å². The molecule has 0 heterocycles. The van der Waals surface area contributed by atoms with E-state index in [9.17, 15) is 8.42 Å². The Labute approximate surface area is 123 Å². The number of sulfonamides is 1. The molecule has 0 amide bonds. The third kappa shape index (κ3) is 3.45. The van der Waals surface area contributed by atoms with Crippen molar-refractivity contribution in [2.45, 2.75) is 36.6 Å². The number of nitrogens with one attached hydrogen (secondary N) is 1. The van der Waals surface area contributed by atoms with Crippen molar-refractivity contribution in [3.05, 3.63) is 28.8 Å². The molecule has 0 unspecified atom stereocenters. The first-order chi connectivity index (χ1) is 8.90. The Hall–Kier alpha value is -0.690. The normalized spacial score (nSPS) is 16.7. The maximum atomic E-state index is 12.2. The molecule has 19 heavy (non-hydrogen) atoms. The quantitative estimate of drug-likeness (QED) is 0.835. The molecule has 1 aliphatic rings. The molecule has 1 aromatic rings. The van der Waals surface area contributed by atoms with E-state index in [-0.39, 0.29) is 20.9 Å². The van der Waals surface area contributed by atoms with E-state index in [1.54, 1.807) is 0 Å². The van der Waals surface area contributed by atoms with E-state index in [1.807, 2.05) is 0 Å². The van der Waals surface area contributed by atoms with Crippen molar-refractivity contribution >= 4 is 38.8 Å². The van der Waals surface area contributed by atoms with Crippen molar-refractivity contribution in [2.75, 3.05) is 0 Å². The Morgan fingerprint density at radius 1 is 1.37 bits per heavy atom. The molecular formula is C12H15ClN2O2S2. The smallest absolute Gasteiger partial charge is 0.240 e. The molecule has 1 aliphatic carbocycles. The highest BCUT2D eigenvalue weighted by Crippen LogP contribution is 2.23. The summed E-state index contributed by atoms with van der Waals surface area (Å²) in [6.45, 7) is 0. The van der Waals surface area contributed by atoms with Crippen LogP contribution in [-0.4, -0.2) is 19.4 Å². The van der Waals surface area contributed by atoms with Gasteiger partial charge in [0.05, 0.1) is 9.92 Å². The Bertz CT molecular complexity index is 596. The number of benzene rings is 1. The van der Waals surface area contributed by atoms with Crippen molar-refractivity contribution in [3.8, 4) is 0 Å². The van der Waals surface area contributed by atoms with Crippen LogP contribution in [0.4, 0.5) is 0 Å². The lowest BCUT2D eigenvalue weighted by Gasteiger charge is -2.13. The fraction of sp³-hybridized carbons (Fsp3) is 0.417. The van der Waals surface area contributed by atoms with Crippen LogP contribution in [0.25, 0.3) is 0 Å². The van der Waals surface area contributed by atoms with E-state index in [0.29, 0.717) is 5.56 Å². The zero-order chi connectivity index (χ0) is 14.0. The Balaban J connectivity index is 2.25. The summed E-state index contributed by atoms with van der Waals surface area (Å²) in [5.41, 5.74) is 5.97. The van der Waals surface area contributed by atoms with Gasteiger partial charge in [-0.1, -0.05) is 36.7 Å². The Morgan fingerprint density at radius 3 is 2.53 bits per heavy atom. The minimum atomic E-state index is -3.53. The van der Waals surface area contributed by atoms with Crippen LogP contribution >= 0.6 is 23.8 Å². The number of hydrogen-bond acceptors (Lipinski definition) is 3. The number of thiocarbonyl (C=S) groups is 1. The van der Waals surface area contributed by atoms with Gasteiger partial charge in [-0.15, -0.1) is 0 Å². The number of rotatable bonds is 4. The molecule has 0 atom stereocenters. The van der Waals surface area contributed by atoms with Gasteiger partial charge in [-0.05, 0) is 31.0 Å². The molecule has 1 aromatic carbocycles. The second-order valence-electron chi connectivity index (χ2n) is 4.61. The molecule has 0 aliphatic heterocycles. The third-order valence-electron chi connectivity index (χ3n) is 3.19. The third-order valence-corrected chi connectivity index (χ3v) is 5.24. The van der Waals surface area contributed by atoms with Gasteiger partial charge in [0.2, 0.25) is 10.0 Å². The summed E-state index contributed by atoms with van der Waals surface area (Å²) in [7, 11) is -3.53. The van der Waals surface area contributed by atoms with Crippen molar-refractivity contribution < 1.29 is 8.42 Å². The Morgan fingerprint density at radius 2 is 2.00 bits per heavy atom. The molecule has 7 heteroatoms. The van der Waals surface area contributed by atoms with Crippen LogP contribution in [-0.2, 0) is 10.0 Å². The van der Waals surface area contributed by atoms with Crippen LogP contribution in [0.15, 0.2) is 23.1 Å². The van der Waals surface area contributed by atoms with Gasteiger partial charge in [-0.2, -0.15) is 0 Å². The number of halogens is 1. The maximum absolute atomic E-state index is 12.2. The van der Waals surface area contributed by atoms with E-state index in [1.165, 1.54) is 18.2 Å². The summed E-state index contributed by atoms with van der Waals surface area (Å²) >= 11 is 10.8. The zero-order valence-corrected chi connectivity index (χ0v) is 12.6. The lowest BCUT2D eigenvalue weighted by Crippen LogP contribution is -2.32. The molecule has 0 bridgehead atoms. The van der Waals surface area contributed by atoms with Crippen LogP contribution in [0.2, 0.25) is 5.02 Å². The molecule has 0 aromatic heterocycles. The van der Waals surface area contributed by atoms with E-state index in [2.05, 4.69) is 4.72 Å². The average Bonchev–Trinajstić information content (AvgIpc) is 2.80. The molecular weight excluding hydrogens is 304 g/mol. The first-order valence-electron chi connectivity index (χ1n) is 6.02. The van der Waals surface area contributed by atoms with Gasteiger partial charge in [0.15, 0.2) is 0 Å². The largest absolute Gasteiger partial charge is 0.389 e. The highest BCUT2D eigenvalue weighted by Gasteiger charge is 2.23. The zero-order valence-electron chi connectivity index (χ0n) is 10.2. The summed E-state index contributed by atoms with van der Waals surface area (Å²) in [5.74, 6) is 0. The predicted molar refractivity (Wildman–Crippen MR) is 79.9 cm³/mol. The molecule has 104 valence electrons. The first-order valence-corrected chi connectivity index (χ1v) is 8.29. The van der Waals surface area contributed by atoms with Crippen LogP contribution in [0, 0.1) is 0 Å². The van der Waals surface area contributed by atoms with Crippen LogP contribution in [0.1, 0.15) is 31.2 Å². The molecule has 3 N–H and O–H groups in total. The van der Waals surface area contributed by atoms with Crippen LogP contribution in [0.3, 0.4) is 0 Å². The standard InChI is InChI=1S/C12H15ClN2O2S2/c13-11-7-9(5-6-10(11)12(14)18)19(16,17)15-8-3-1-2-4-8/h5-8,15H,1-4H2,(H2,14,18). The van der Waals surface area contributed by atoms with Crippen molar-refractivity contribution in [3.63, 3.8) is 0 Å². The highest BCUT2D eigenvalue weighted by molar-refractivity contribution is 7.89.